The van der Waals surface area contributed by atoms with Gasteiger partial charge >= 0.3 is 0 Å². The molecule has 0 atom stereocenters. The van der Waals surface area contributed by atoms with Gasteiger partial charge in [-0.1, -0.05) is 12.8 Å². The molecule has 1 aromatic carbocycles. The maximum Gasteiger partial charge on any atom is 0.123 e. The SMILES string of the molecule is Fc1ccc(OCCCCCCN2CCSCC2)cc1. The van der Waals surface area contributed by atoms with E-state index in [-0.39, 0.29) is 5.82 Å². The number of halogens is 1. The molecule has 4 heteroatoms. The lowest BCUT2D eigenvalue weighted by atomic mass is 10.2. The van der Waals surface area contributed by atoms with Crippen LogP contribution in [0.15, 0.2) is 24.3 Å². The summed E-state index contributed by atoms with van der Waals surface area (Å²) in [5.41, 5.74) is 0. The van der Waals surface area contributed by atoms with Crippen LogP contribution in [0.1, 0.15) is 25.7 Å². The first-order valence-electron chi connectivity index (χ1n) is 7.53. The molecule has 20 heavy (non-hydrogen) atoms. The van der Waals surface area contributed by atoms with E-state index in [1.54, 1.807) is 12.1 Å². The summed E-state index contributed by atoms with van der Waals surface area (Å²) in [5.74, 6) is 3.14. The van der Waals surface area contributed by atoms with Crippen LogP contribution in [0.2, 0.25) is 0 Å². The van der Waals surface area contributed by atoms with E-state index in [1.165, 1.54) is 62.5 Å². The van der Waals surface area contributed by atoms with Gasteiger partial charge in [0.05, 0.1) is 6.61 Å². The first-order chi connectivity index (χ1) is 9.84. The minimum absolute atomic E-state index is 0.214. The summed E-state index contributed by atoms with van der Waals surface area (Å²) >= 11 is 2.07. The summed E-state index contributed by atoms with van der Waals surface area (Å²) in [4.78, 5) is 2.57. The topological polar surface area (TPSA) is 12.5 Å². The highest BCUT2D eigenvalue weighted by Crippen LogP contribution is 2.13. The zero-order valence-corrected chi connectivity index (χ0v) is 12.8. The Hall–Kier alpha value is -0.740. The number of ether oxygens (including phenoxy) is 1. The van der Waals surface area contributed by atoms with E-state index in [9.17, 15) is 4.39 Å². The quantitative estimate of drug-likeness (QED) is 0.677. The first kappa shape index (κ1) is 15.6. The largest absolute Gasteiger partial charge is 0.494 e. The highest BCUT2D eigenvalue weighted by atomic mass is 32.2. The van der Waals surface area contributed by atoms with Crippen molar-refractivity contribution in [3.8, 4) is 5.75 Å². The molecule has 112 valence electrons. The minimum atomic E-state index is -0.214. The molecular weight excluding hydrogens is 273 g/mol. The van der Waals surface area contributed by atoms with Gasteiger partial charge in [-0.15, -0.1) is 0 Å². The van der Waals surface area contributed by atoms with Crippen LogP contribution < -0.4 is 4.74 Å². The van der Waals surface area contributed by atoms with E-state index in [4.69, 9.17) is 4.74 Å². The van der Waals surface area contributed by atoms with Crippen molar-refractivity contribution in [1.29, 1.82) is 0 Å². The van der Waals surface area contributed by atoms with E-state index in [0.29, 0.717) is 0 Å². The molecule has 0 amide bonds. The normalized spacial score (nSPS) is 16.2. The number of rotatable bonds is 8. The number of hydrogen-bond acceptors (Lipinski definition) is 3. The zero-order valence-electron chi connectivity index (χ0n) is 12.0. The molecule has 1 fully saturated rings. The number of hydrogen-bond donors (Lipinski definition) is 0. The molecule has 0 unspecified atom stereocenters. The molecule has 1 heterocycles. The predicted molar refractivity (Wildman–Crippen MR) is 84.1 cm³/mol. The Balaban J connectivity index is 1.44. The third-order valence-corrected chi connectivity index (χ3v) is 4.50. The third-order valence-electron chi connectivity index (χ3n) is 3.55. The fourth-order valence-corrected chi connectivity index (χ4v) is 3.32. The van der Waals surface area contributed by atoms with Crippen LogP contribution in [0.3, 0.4) is 0 Å². The second-order valence-electron chi connectivity index (χ2n) is 5.17. The fourth-order valence-electron chi connectivity index (χ4n) is 2.34. The lowest BCUT2D eigenvalue weighted by molar-refractivity contribution is 0.284. The van der Waals surface area contributed by atoms with Gasteiger partial charge in [0, 0.05) is 24.6 Å². The van der Waals surface area contributed by atoms with Gasteiger partial charge in [0.25, 0.3) is 0 Å². The fraction of sp³-hybridized carbons (Fsp3) is 0.625. The van der Waals surface area contributed by atoms with Crippen LogP contribution in [0.5, 0.6) is 5.75 Å². The average Bonchev–Trinajstić information content (AvgIpc) is 2.49. The second-order valence-corrected chi connectivity index (χ2v) is 6.40. The highest BCUT2D eigenvalue weighted by molar-refractivity contribution is 7.99. The maximum absolute atomic E-state index is 12.7. The van der Waals surface area contributed by atoms with Crippen LogP contribution in [0.25, 0.3) is 0 Å². The molecule has 1 aliphatic rings. The molecule has 2 rings (SSSR count). The van der Waals surface area contributed by atoms with Crippen molar-refractivity contribution in [2.75, 3.05) is 37.7 Å². The number of unbranched alkanes of at least 4 members (excludes halogenated alkanes) is 3. The molecule has 0 radical (unpaired) electrons. The Morgan fingerprint density at radius 3 is 2.45 bits per heavy atom. The number of thioether (sulfide) groups is 1. The van der Waals surface area contributed by atoms with Crippen molar-refractivity contribution in [2.45, 2.75) is 25.7 Å². The molecule has 1 saturated heterocycles. The van der Waals surface area contributed by atoms with Crippen LogP contribution in [-0.4, -0.2) is 42.6 Å². The van der Waals surface area contributed by atoms with Crippen LogP contribution in [0.4, 0.5) is 4.39 Å². The monoisotopic (exact) mass is 297 g/mol. The van der Waals surface area contributed by atoms with Crippen LogP contribution >= 0.6 is 11.8 Å². The van der Waals surface area contributed by atoms with Crippen molar-refractivity contribution in [3.05, 3.63) is 30.1 Å². The summed E-state index contributed by atoms with van der Waals surface area (Å²) in [6.07, 6.45) is 4.86. The van der Waals surface area contributed by atoms with E-state index in [1.807, 2.05) is 0 Å². The highest BCUT2D eigenvalue weighted by Gasteiger charge is 2.08. The number of nitrogens with zero attached hydrogens (tertiary/aromatic N) is 1. The van der Waals surface area contributed by atoms with Gasteiger partial charge in [-0.25, -0.2) is 4.39 Å². The Labute approximate surface area is 125 Å². The smallest absolute Gasteiger partial charge is 0.123 e. The lowest BCUT2D eigenvalue weighted by Crippen LogP contribution is -2.33. The number of benzene rings is 1. The second kappa shape index (κ2) is 9.24. The summed E-state index contributed by atoms with van der Waals surface area (Å²) in [5, 5.41) is 0. The van der Waals surface area contributed by atoms with Gasteiger partial charge in [0.1, 0.15) is 11.6 Å². The Morgan fingerprint density at radius 2 is 1.70 bits per heavy atom. The van der Waals surface area contributed by atoms with E-state index in [0.717, 1.165) is 18.8 Å². The van der Waals surface area contributed by atoms with Crippen molar-refractivity contribution < 1.29 is 9.13 Å². The van der Waals surface area contributed by atoms with Gasteiger partial charge in [-0.3, -0.25) is 0 Å². The summed E-state index contributed by atoms with van der Waals surface area (Å²) in [6.45, 7) is 4.50. The minimum Gasteiger partial charge on any atom is -0.494 e. The Bertz CT molecular complexity index is 365. The van der Waals surface area contributed by atoms with Crippen LogP contribution in [-0.2, 0) is 0 Å². The van der Waals surface area contributed by atoms with Gasteiger partial charge in [-0.2, -0.15) is 11.8 Å². The van der Waals surface area contributed by atoms with Crippen LogP contribution in [0, 0.1) is 5.82 Å². The molecule has 0 aromatic heterocycles. The summed E-state index contributed by atoms with van der Waals surface area (Å²) in [6, 6.07) is 6.24. The molecule has 1 aliphatic heterocycles. The summed E-state index contributed by atoms with van der Waals surface area (Å²) < 4.78 is 18.3. The Morgan fingerprint density at radius 1 is 1.00 bits per heavy atom. The predicted octanol–water partition coefficient (Wildman–Crippen LogP) is 3.81. The van der Waals surface area contributed by atoms with Crippen molar-refractivity contribution in [3.63, 3.8) is 0 Å². The van der Waals surface area contributed by atoms with Gasteiger partial charge < -0.3 is 9.64 Å². The first-order valence-corrected chi connectivity index (χ1v) is 8.68. The van der Waals surface area contributed by atoms with Gasteiger partial charge in [0.15, 0.2) is 0 Å². The van der Waals surface area contributed by atoms with Crippen molar-refractivity contribution >= 4 is 11.8 Å². The van der Waals surface area contributed by atoms with E-state index in [2.05, 4.69) is 16.7 Å². The van der Waals surface area contributed by atoms with Crippen molar-refractivity contribution in [2.24, 2.45) is 0 Å². The van der Waals surface area contributed by atoms with E-state index >= 15 is 0 Å². The molecule has 0 N–H and O–H groups in total. The standard InChI is InChI=1S/C16H24FNOS/c17-15-5-7-16(8-6-15)19-12-4-2-1-3-9-18-10-13-20-14-11-18/h5-8H,1-4,9-14H2. The van der Waals surface area contributed by atoms with E-state index < -0.39 is 0 Å². The molecule has 0 spiro atoms. The average molecular weight is 297 g/mol. The van der Waals surface area contributed by atoms with Gasteiger partial charge in [0.2, 0.25) is 0 Å². The molecule has 0 saturated carbocycles. The molecule has 2 nitrogen and oxygen atoms in total. The van der Waals surface area contributed by atoms with Crippen molar-refractivity contribution in [1.82, 2.24) is 4.90 Å². The maximum atomic E-state index is 12.7. The zero-order chi connectivity index (χ0) is 14.0. The summed E-state index contributed by atoms with van der Waals surface area (Å²) in [7, 11) is 0. The van der Waals surface area contributed by atoms with Gasteiger partial charge in [-0.05, 0) is 43.7 Å². The third kappa shape index (κ3) is 6.14. The molecule has 0 aliphatic carbocycles. The Kier molecular flexibility index (Phi) is 7.23. The lowest BCUT2D eigenvalue weighted by Gasteiger charge is -2.25. The molecule has 1 aromatic rings. The molecular formula is C16H24FNOS. The molecule has 0 bridgehead atoms.